The minimum Gasteiger partial charge on any atom is -0.504 e. The summed E-state index contributed by atoms with van der Waals surface area (Å²) in [6.07, 6.45) is 5.39. The molecule has 6 nitrogen and oxygen atoms in total. The first-order valence-corrected chi connectivity index (χ1v) is 8.90. The Bertz CT molecular complexity index is 898. The molecule has 0 saturated carbocycles. The average molecular weight is 368 g/mol. The van der Waals surface area contributed by atoms with E-state index in [1.807, 2.05) is 22.0 Å². The van der Waals surface area contributed by atoms with Crippen molar-refractivity contribution < 1.29 is 14.3 Å². The van der Waals surface area contributed by atoms with Crippen LogP contribution < -0.4 is 9.80 Å². The molecule has 2 aliphatic rings. The van der Waals surface area contributed by atoms with Crippen LogP contribution in [0.3, 0.4) is 0 Å². The highest BCUT2D eigenvalue weighted by molar-refractivity contribution is 5.87. The number of amides is 1. The molecule has 1 aromatic carbocycles. The third kappa shape index (κ3) is 3.32. The number of hydrogen-bond donors (Lipinski definition) is 1. The summed E-state index contributed by atoms with van der Waals surface area (Å²) in [5.74, 6) is 0.574. The largest absolute Gasteiger partial charge is 0.504 e. The van der Waals surface area contributed by atoms with Crippen LogP contribution in [0.1, 0.15) is 11.1 Å². The Labute approximate surface area is 157 Å². The zero-order chi connectivity index (χ0) is 19.0. The quantitative estimate of drug-likeness (QED) is 0.900. The van der Waals surface area contributed by atoms with Crippen molar-refractivity contribution in [1.82, 2.24) is 9.88 Å². The van der Waals surface area contributed by atoms with Gasteiger partial charge in [0.25, 0.3) is 0 Å². The van der Waals surface area contributed by atoms with E-state index in [2.05, 4.69) is 4.98 Å². The van der Waals surface area contributed by atoms with Crippen LogP contribution in [-0.2, 0) is 11.3 Å². The van der Waals surface area contributed by atoms with E-state index in [1.54, 1.807) is 24.1 Å². The van der Waals surface area contributed by atoms with Gasteiger partial charge in [0.15, 0.2) is 5.75 Å². The van der Waals surface area contributed by atoms with Gasteiger partial charge < -0.3 is 19.8 Å². The van der Waals surface area contributed by atoms with Crippen LogP contribution in [0, 0.1) is 5.82 Å². The number of aromatic nitrogens is 1. The predicted octanol–water partition coefficient (Wildman–Crippen LogP) is 2.24. The summed E-state index contributed by atoms with van der Waals surface area (Å²) >= 11 is 0. The maximum atomic E-state index is 13.2. The van der Waals surface area contributed by atoms with E-state index in [0.717, 1.165) is 11.1 Å². The summed E-state index contributed by atoms with van der Waals surface area (Å²) in [6.45, 7) is 2.77. The Morgan fingerprint density at radius 2 is 2.00 bits per heavy atom. The molecule has 1 N–H and O–H groups in total. The molecule has 0 unspecified atom stereocenters. The SMILES string of the molecule is CN1CCN(c2ncc(O)c3c2C=CCN3Cc2ccc(F)cc2)CC1=O. The molecule has 7 heteroatoms. The summed E-state index contributed by atoms with van der Waals surface area (Å²) in [5.41, 5.74) is 2.45. The summed E-state index contributed by atoms with van der Waals surface area (Å²) in [6, 6.07) is 6.35. The lowest BCUT2D eigenvalue weighted by Gasteiger charge is -2.36. The van der Waals surface area contributed by atoms with E-state index in [9.17, 15) is 14.3 Å². The van der Waals surface area contributed by atoms with E-state index in [1.165, 1.54) is 18.3 Å². The molecule has 1 saturated heterocycles. The first-order chi connectivity index (χ1) is 13.0. The molecular formula is C20H21FN4O2. The smallest absolute Gasteiger partial charge is 0.241 e. The van der Waals surface area contributed by atoms with Crippen molar-refractivity contribution in [3.05, 3.63) is 53.5 Å². The van der Waals surface area contributed by atoms with Crippen LogP contribution >= 0.6 is 0 Å². The highest BCUT2D eigenvalue weighted by Gasteiger charge is 2.28. The number of nitrogens with zero attached hydrogens (tertiary/aromatic N) is 4. The second-order valence-corrected chi connectivity index (χ2v) is 6.88. The number of pyridine rings is 1. The van der Waals surface area contributed by atoms with Gasteiger partial charge in [0.05, 0.1) is 18.4 Å². The summed E-state index contributed by atoms with van der Waals surface area (Å²) in [7, 11) is 1.80. The number of likely N-dealkylation sites (N-methyl/N-ethyl adjacent to an activating group) is 1. The van der Waals surface area contributed by atoms with Crippen LogP contribution in [0.15, 0.2) is 36.5 Å². The molecule has 0 spiro atoms. The van der Waals surface area contributed by atoms with Crippen molar-refractivity contribution in [2.24, 2.45) is 0 Å². The predicted molar refractivity (Wildman–Crippen MR) is 102 cm³/mol. The lowest BCUT2D eigenvalue weighted by atomic mass is 10.1. The topological polar surface area (TPSA) is 59.9 Å². The fourth-order valence-electron chi connectivity index (χ4n) is 3.52. The zero-order valence-corrected chi connectivity index (χ0v) is 15.1. The molecule has 1 amide bonds. The Morgan fingerprint density at radius 3 is 2.74 bits per heavy atom. The molecule has 2 aliphatic heterocycles. The molecule has 0 bridgehead atoms. The molecule has 3 heterocycles. The normalized spacial score (nSPS) is 16.7. The van der Waals surface area contributed by atoms with E-state index in [4.69, 9.17) is 0 Å². The summed E-state index contributed by atoms with van der Waals surface area (Å²) in [5, 5.41) is 10.5. The van der Waals surface area contributed by atoms with Gasteiger partial charge in [-0.05, 0) is 17.7 Å². The third-order valence-corrected chi connectivity index (χ3v) is 5.02. The molecule has 0 radical (unpaired) electrons. The van der Waals surface area contributed by atoms with Crippen molar-refractivity contribution in [3.63, 3.8) is 0 Å². The zero-order valence-electron chi connectivity index (χ0n) is 15.1. The Kier molecular flexibility index (Phi) is 4.43. The number of hydrogen-bond acceptors (Lipinski definition) is 5. The van der Waals surface area contributed by atoms with Crippen LogP contribution in [0.25, 0.3) is 6.08 Å². The van der Waals surface area contributed by atoms with Gasteiger partial charge in [-0.2, -0.15) is 0 Å². The Balaban J connectivity index is 1.67. The second-order valence-electron chi connectivity index (χ2n) is 6.88. The molecule has 1 fully saturated rings. The lowest BCUT2D eigenvalue weighted by molar-refractivity contribution is -0.129. The van der Waals surface area contributed by atoms with Crippen LogP contribution in [0.2, 0.25) is 0 Å². The van der Waals surface area contributed by atoms with Crippen molar-refractivity contribution >= 4 is 23.5 Å². The number of piperazine rings is 1. The molecule has 4 rings (SSSR count). The number of carbonyl (C=O) groups excluding carboxylic acids is 1. The highest BCUT2D eigenvalue weighted by Crippen LogP contribution is 2.40. The molecule has 0 aliphatic carbocycles. The number of carbonyl (C=O) groups is 1. The van der Waals surface area contributed by atoms with Gasteiger partial charge in [0.1, 0.15) is 11.6 Å². The number of aromatic hydroxyl groups is 1. The first kappa shape index (κ1) is 17.3. The fourth-order valence-corrected chi connectivity index (χ4v) is 3.52. The van der Waals surface area contributed by atoms with Crippen molar-refractivity contribution in [2.45, 2.75) is 6.54 Å². The summed E-state index contributed by atoms with van der Waals surface area (Å²) in [4.78, 5) is 22.2. The third-order valence-electron chi connectivity index (χ3n) is 5.02. The maximum absolute atomic E-state index is 13.2. The monoisotopic (exact) mass is 368 g/mol. The average Bonchev–Trinajstić information content (AvgIpc) is 2.66. The van der Waals surface area contributed by atoms with Gasteiger partial charge in [0.2, 0.25) is 5.91 Å². The van der Waals surface area contributed by atoms with Crippen molar-refractivity contribution in [3.8, 4) is 5.75 Å². The van der Waals surface area contributed by atoms with E-state index in [-0.39, 0.29) is 24.0 Å². The first-order valence-electron chi connectivity index (χ1n) is 8.90. The Morgan fingerprint density at radius 1 is 1.22 bits per heavy atom. The number of anilines is 2. The second kappa shape index (κ2) is 6.90. The number of halogens is 1. The lowest BCUT2D eigenvalue weighted by Crippen LogP contribution is -2.49. The van der Waals surface area contributed by atoms with Crippen LogP contribution in [0.5, 0.6) is 5.75 Å². The molecule has 1 aromatic heterocycles. The fraction of sp³-hybridized carbons (Fsp3) is 0.300. The van der Waals surface area contributed by atoms with E-state index in [0.29, 0.717) is 37.7 Å². The van der Waals surface area contributed by atoms with Crippen LogP contribution in [0.4, 0.5) is 15.9 Å². The standard InChI is InChI=1S/C20H21FN4O2/c1-23-9-10-25(13-18(23)27)20-16-3-2-8-24(19(16)17(26)11-22-20)12-14-4-6-15(21)7-5-14/h2-7,11,26H,8-10,12-13H2,1H3. The number of benzene rings is 1. The number of rotatable bonds is 3. The molecular weight excluding hydrogens is 347 g/mol. The van der Waals surface area contributed by atoms with Crippen molar-refractivity contribution in [2.75, 3.05) is 43.0 Å². The molecule has 27 heavy (non-hydrogen) atoms. The van der Waals surface area contributed by atoms with E-state index >= 15 is 0 Å². The molecule has 140 valence electrons. The maximum Gasteiger partial charge on any atom is 0.241 e. The summed E-state index contributed by atoms with van der Waals surface area (Å²) < 4.78 is 13.2. The van der Waals surface area contributed by atoms with Gasteiger partial charge in [-0.25, -0.2) is 9.37 Å². The van der Waals surface area contributed by atoms with Crippen molar-refractivity contribution in [1.29, 1.82) is 0 Å². The van der Waals surface area contributed by atoms with Gasteiger partial charge in [0, 0.05) is 38.8 Å². The number of fused-ring (bicyclic) bond motifs is 1. The van der Waals surface area contributed by atoms with Gasteiger partial charge >= 0.3 is 0 Å². The minimum atomic E-state index is -0.272. The molecule has 0 atom stereocenters. The van der Waals surface area contributed by atoms with E-state index < -0.39 is 0 Å². The van der Waals surface area contributed by atoms with Gasteiger partial charge in [-0.15, -0.1) is 0 Å². The minimum absolute atomic E-state index is 0.0489. The van der Waals surface area contributed by atoms with Gasteiger partial charge in [-0.1, -0.05) is 24.3 Å². The van der Waals surface area contributed by atoms with Crippen LogP contribution in [-0.4, -0.2) is 54.1 Å². The Hall–Kier alpha value is -3.09. The molecule has 2 aromatic rings. The highest BCUT2D eigenvalue weighted by atomic mass is 19.1. The van der Waals surface area contributed by atoms with Gasteiger partial charge in [-0.3, -0.25) is 4.79 Å².